The first-order valence-corrected chi connectivity index (χ1v) is 5.50. The topological polar surface area (TPSA) is 43.7 Å². The Balaban J connectivity index is 2.53. The molecule has 0 aliphatic carbocycles. The van der Waals surface area contributed by atoms with Crippen LogP contribution in [0.25, 0.3) is 0 Å². The number of hydrogen-bond donors (Lipinski definition) is 2. The van der Waals surface area contributed by atoms with E-state index >= 15 is 0 Å². The van der Waals surface area contributed by atoms with Crippen LogP contribution in [0.2, 0.25) is 0 Å². The normalized spacial score (nSPS) is 12.1. The van der Waals surface area contributed by atoms with E-state index in [4.69, 9.17) is 5.11 Å². The Kier molecular flexibility index (Phi) is 4.47. The van der Waals surface area contributed by atoms with Gasteiger partial charge in [-0.15, -0.1) is 0 Å². The summed E-state index contributed by atoms with van der Waals surface area (Å²) in [7, 11) is 1.98. The fraction of sp³-hybridized carbons (Fsp3) is 0.538. The van der Waals surface area contributed by atoms with Gasteiger partial charge in [-0.25, -0.2) is 0 Å². The Labute approximate surface area is 97.3 Å². The minimum atomic E-state index is -0.667. The second kappa shape index (κ2) is 5.43. The predicted octanol–water partition coefficient (Wildman–Crippen LogP) is 1.38. The van der Waals surface area contributed by atoms with Gasteiger partial charge in [-0.05, 0) is 32.0 Å². The lowest BCUT2D eigenvalue weighted by molar-refractivity contribution is 0.0425. The van der Waals surface area contributed by atoms with E-state index in [1.54, 1.807) is 13.8 Å². The highest BCUT2D eigenvalue weighted by Crippen LogP contribution is 2.09. The molecule has 0 saturated heterocycles. The smallest absolute Gasteiger partial charge is 0.0718 e. The number of aliphatic hydroxyl groups is 2. The van der Waals surface area contributed by atoms with Gasteiger partial charge < -0.3 is 10.2 Å². The van der Waals surface area contributed by atoms with Crippen LogP contribution in [0.5, 0.6) is 0 Å². The summed E-state index contributed by atoms with van der Waals surface area (Å²) in [6, 6.07) is 7.86. The third-order valence-electron chi connectivity index (χ3n) is 2.31. The van der Waals surface area contributed by atoms with Crippen molar-refractivity contribution in [3.8, 4) is 0 Å². The molecule has 1 rings (SSSR count). The van der Waals surface area contributed by atoms with Crippen LogP contribution in [0.4, 0.5) is 0 Å². The van der Waals surface area contributed by atoms with E-state index in [1.165, 1.54) is 5.56 Å². The van der Waals surface area contributed by atoms with E-state index in [1.807, 2.05) is 31.3 Å². The lowest BCUT2D eigenvalue weighted by atomic mass is 10.1. The highest BCUT2D eigenvalue weighted by atomic mass is 16.3. The molecule has 0 atom stereocenters. The summed E-state index contributed by atoms with van der Waals surface area (Å²) in [4.78, 5) is 2.08. The Bertz CT molecular complexity index is 314. The van der Waals surface area contributed by atoms with E-state index in [0.717, 1.165) is 12.1 Å². The van der Waals surface area contributed by atoms with Crippen LogP contribution < -0.4 is 0 Å². The molecule has 0 unspecified atom stereocenters. The van der Waals surface area contributed by atoms with Gasteiger partial charge in [-0.3, -0.25) is 4.90 Å². The van der Waals surface area contributed by atoms with Crippen molar-refractivity contribution in [3.05, 3.63) is 35.4 Å². The summed E-state index contributed by atoms with van der Waals surface area (Å²) in [5, 5.41) is 18.6. The Morgan fingerprint density at radius 3 is 2.06 bits per heavy atom. The Hall–Kier alpha value is -0.900. The zero-order valence-electron chi connectivity index (χ0n) is 10.3. The van der Waals surface area contributed by atoms with Gasteiger partial charge in [0, 0.05) is 13.1 Å². The molecular weight excluding hydrogens is 202 g/mol. The highest BCUT2D eigenvalue weighted by Gasteiger charge is 2.15. The zero-order chi connectivity index (χ0) is 12.2. The fourth-order valence-electron chi connectivity index (χ4n) is 1.78. The number of nitrogens with zero attached hydrogens (tertiary/aromatic N) is 1. The van der Waals surface area contributed by atoms with Gasteiger partial charge in [0.1, 0.15) is 0 Å². The van der Waals surface area contributed by atoms with Gasteiger partial charge in [0.25, 0.3) is 0 Å². The number of aliphatic hydroxyl groups excluding tert-OH is 1. The van der Waals surface area contributed by atoms with Crippen molar-refractivity contribution in [1.82, 2.24) is 4.90 Å². The number of rotatable bonds is 5. The van der Waals surface area contributed by atoms with Gasteiger partial charge in [0.2, 0.25) is 0 Å². The van der Waals surface area contributed by atoms with Crippen LogP contribution in [0.15, 0.2) is 24.3 Å². The molecule has 0 aliphatic rings. The lowest BCUT2D eigenvalue weighted by Crippen LogP contribution is -2.35. The van der Waals surface area contributed by atoms with Crippen molar-refractivity contribution in [2.24, 2.45) is 0 Å². The molecule has 1 aromatic carbocycles. The molecule has 0 bridgehead atoms. The molecule has 3 nitrogen and oxygen atoms in total. The van der Waals surface area contributed by atoms with Crippen molar-refractivity contribution < 1.29 is 10.2 Å². The lowest BCUT2D eigenvalue weighted by Gasteiger charge is -2.25. The van der Waals surface area contributed by atoms with Crippen molar-refractivity contribution in [2.75, 3.05) is 13.6 Å². The maximum absolute atomic E-state index is 9.67. The average molecular weight is 223 g/mol. The first-order valence-electron chi connectivity index (χ1n) is 5.50. The standard InChI is InChI=1S/C13H21NO2/c1-13(2,16)10-14(3)8-11-4-6-12(9-15)7-5-11/h4-7,15-16H,8-10H2,1-3H3. The quantitative estimate of drug-likeness (QED) is 0.792. The molecular formula is C13H21NO2. The molecule has 90 valence electrons. The van der Waals surface area contributed by atoms with Crippen LogP contribution in [0.1, 0.15) is 25.0 Å². The van der Waals surface area contributed by atoms with Crippen LogP contribution in [-0.2, 0) is 13.2 Å². The van der Waals surface area contributed by atoms with Crippen LogP contribution in [0.3, 0.4) is 0 Å². The maximum Gasteiger partial charge on any atom is 0.0718 e. The molecule has 0 aromatic heterocycles. The van der Waals surface area contributed by atoms with Gasteiger partial charge in [0.05, 0.1) is 12.2 Å². The van der Waals surface area contributed by atoms with Crippen LogP contribution in [0, 0.1) is 0 Å². The summed E-state index contributed by atoms with van der Waals surface area (Å²) in [6.07, 6.45) is 0. The molecule has 2 N–H and O–H groups in total. The van der Waals surface area contributed by atoms with E-state index in [9.17, 15) is 5.11 Å². The van der Waals surface area contributed by atoms with Crippen molar-refractivity contribution in [3.63, 3.8) is 0 Å². The van der Waals surface area contributed by atoms with Gasteiger partial charge >= 0.3 is 0 Å². The summed E-state index contributed by atoms with van der Waals surface area (Å²) >= 11 is 0. The molecule has 0 saturated carbocycles. The minimum Gasteiger partial charge on any atom is -0.392 e. The first kappa shape index (κ1) is 13.2. The number of hydrogen-bond acceptors (Lipinski definition) is 3. The summed E-state index contributed by atoms with van der Waals surface area (Å²) < 4.78 is 0. The molecule has 0 aliphatic heterocycles. The molecule has 3 heteroatoms. The zero-order valence-corrected chi connectivity index (χ0v) is 10.3. The molecule has 0 spiro atoms. The van der Waals surface area contributed by atoms with Crippen LogP contribution in [-0.4, -0.2) is 34.3 Å². The largest absolute Gasteiger partial charge is 0.392 e. The van der Waals surface area contributed by atoms with E-state index in [-0.39, 0.29) is 6.61 Å². The summed E-state index contributed by atoms with van der Waals surface area (Å²) in [6.45, 7) is 5.13. The van der Waals surface area contributed by atoms with Crippen molar-refractivity contribution in [2.45, 2.75) is 32.6 Å². The molecule has 0 radical (unpaired) electrons. The molecule has 16 heavy (non-hydrogen) atoms. The van der Waals surface area contributed by atoms with Gasteiger partial charge in [-0.2, -0.15) is 0 Å². The average Bonchev–Trinajstić information content (AvgIpc) is 2.16. The third-order valence-corrected chi connectivity index (χ3v) is 2.31. The van der Waals surface area contributed by atoms with Gasteiger partial charge in [-0.1, -0.05) is 24.3 Å². The van der Waals surface area contributed by atoms with E-state index in [0.29, 0.717) is 6.54 Å². The second-order valence-electron chi connectivity index (χ2n) is 4.96. The number of benzene rings is 1. The predicted molar refractivity (Wildman–Crippen MR) is 65.0 cm³/mol. The van der Waals surface area contributed by atoms with Crippen LogP contribution >= 0.6 is 0 Å². The maximum atomic E-state index is 9.67. The molecule has 0 heterocycles. The van der Waals surface area contributed by atoms with E-state index in [2.05, 4.69) is 4.90 Å². The summed E-state index contributed by atoms with van der Waals surface area (Å²) in [5.74, 6) is 0. The molecule has 0 amide bonds. The summed E-state index contributed by atoms with van der Waals surface area (Å²) in [5.41, 5.74) is 1.44. The first-order chi connectivity index (χ1) is 7.40. The second-order valence-corrected chi connectivity index (χ2v) is 4.96. The fourth-order valence-corrected chi connectivity index (χ4v) is 1.78. The van der Waals surface area contributed by atoms with Gasteiger partial charge in [0.15, 0.2) is 0 Å². The van der Waals surface area contributed by atoms with Crippen molar-refractivity contribution in [1.29, 1.82) is 0 Å². The van der Waals surface area contributed by atoms with E-state index < -0.39 is 5.60 Å². The number of likely N-dealkylation sites (N-methyl/N-ethyl adjacent to an activating group) is 1. The highest BCUT2D eigenvalue weighted by molar-refractivity contribution is 5.21. The Morgan fingerprint density at radius 2 is 1.62 bits per heavy atom. The Morgan fingerprint density at radius 1 is 1.12 bits per heavy atom. The minimum absolute atomic E-state index is 0.0831. The molecule has 0 fully saturated rings. The monoisotopic (exact) mass is 223 g/mol. The van der Waals surface area contributed by atoms with Crippen molar-refractivity contribution >= 4 is 0 Å². The molecule has 1 aromatic rings. The third kappa shape index (κ3) is 4.75. The SMILES string of the molecule is CN(Cc1ccc(CO)cc1)CC(C)(C)O.